The lowest BCUT2D eigenvalue weighted by Gasteiger charge is -2.37. The Labute approximate surface area is 114 Å². The Kier molecular flexibility index (Phi) is 6.51. The molecule has 0 aliphatic carbocycles. The zero-order valence-electron chi connectivity index (χ0n) is 13.4. The number of ketones is 1. The molecule has 0 bridgehead atoms. The normalized spacial score (nSPS) is 15.7. The van der Waals surface area contributed by atoms with Gasteiger partial charge in [0.15, 0.2) is 14.1 Å². The maximum atomic E-state index is 11.3. The highest BCUT2D eigenvalue weighted by molar-refractivity contribution is 6.74. The van der Waals surface area contributed by atoms with Gasteiger partial charge in [0.05, 0.1) is 0 Å². The maximum Gasteiger partial charge on any atom is 0.192 e. The molecule has 0 amide bonds. The van der Waals surface area contributed by atoms with E-state index in [-0.39, 0.29) is 10.8 Å². The van der Waals surface area contributed by atoms with Gasteiger partial charge in [-0.1, -0.05) is 33.8 Å². The molecule has 3 heteroatoms. The molecule has 0 aliphatic rings. The fourth-order valence-electron chi connectivity index (χ4n) is 1.29. The van der Waals surface area contributed by atoms with E-state index in [0.717, 1.165) is 18.6 Å². The summed E-state index contributed by atoms with van der Waals surface area (Å²) < 4.78 is 6.21. The average molecular weight is 270 g/mol. The van der Waals surface area contributed by atoms with Gasteiger partial charge in [-0.3, -0.25) is 4.79 Å². The molecule has 0 aromatic carbocycles. The minimum atomic E-state index is -1.68. The van der Waals surface area contributed by atoms with Gasteiger partial charge in [0.2, 0.25) is 0 Å². The van der Waals surface area contributed by atoms with Crippen LogP contribution in [0.15, 0.2) is 11.6 Å². The topological polar surface area (TPSA) is 26.3 Å². The van der Waals surface area contributed by atoms with Crippen LogP contribution in [-0.2, 0) is 9.22 Å². The second-order valence-electron chi connectivity index (χ2n) is 6.65. The molecule has 0 spiro atoms. The van der Waals surface area contributed by atoms with Crippen molar-refractivity contribution in [1.82, 2.24) is 0 Å². The van der Waals surface area contributed by atoms with Crippen molar-refractivity contribution in [3.05, 3.63) is 11.6 Å². The highest BCUT2D eigenvalue weighted by Gasteiger charge is 2.37. The summed E-state index contributed by atoms with van der Waals surface area (Å²) in [6, 6.07) is 0. The summed E-state index contributed by atoms with van der Waals surface area (Å²) in [7, 11) is -1.68. The minimum Gasteiger partial charge on any atom is -0.416 e. The minimum absolute atomic E-state index is 0.153. The van der Waals surface area contributed by atoms with Gasteiger partial charge >= 0.3 is 0 Å². The Morgan fingerprint density at radius 1 is 1.28 bits per heavy atom. The molecule has 0 radical (unpaired) electrons. The molecule has 0 saturated carbocycles. The quantitative estimate of drug-likeness (QED) is 0.522. The van der Waals surface area contributed by atoms with Crippen molar-refractivity contribution in [2.45, 2.75) is 66.1 Å². The van der Waals surface area contributed by atoms with Gasteiger partial charge in [0.1, 0.15) is 0 Å². The first kappa shape index (κ1) is 17.6. The molecule has 0 aromatic heterocycles. The van der Waals surface area contributed by atoms with E-state index < -0.39 is 8.32 Å². The van der Waals surface area contributed by atoms with Crippen molar-refractivity contribution in [3.63, 3.8) is 0 Å². The number of carbonyl (C=O) groups excluding carboxylic acids is 1. The van der Waals surface area contributed by atoms with Gasteiger partial charge in [-0.15, -0.1) is 0 Å². The van der Waals surface area contributed by atoms with Crippen molar-refractivity contribution in [3.8, 4) is 0 Å². The van der Waals surface area contributed by atoms with Crippen molar-refractivity contribution in [2.24, 2.45) is 5.92 Å². The second kappa shape index (κ2) is 6.67. The predicted octanol–water partition coefficient (Wildman–Crippen LogP) is 4.57. The number of hydrogen-bond donors (Lipinski definition) is 0. The van der Waals surface area contributed by atoms with Crippen molar-refractivity contribution in [2.75, 3.05) is 6.61 Å². The number of Topliss-reactive ketones (excluding diaryl/α,β-unsaturated/α-hetero) is 1. The molecule has 0 aromatic rings. The standard InChI is InChI=1S/C15H30O2Si/c1-9-14(10-12(2)13(3)16)11-17-18(7,8)15(4,5)6/h10,14H,9,11H2,1-8H3/t14-/m0/s1. The number of allylic oxidation sites excluding steroid dienone is 1. The number of hydrogen-bond acceptors (Lipinski definition) is 2. The van der Waals surface area contributed by atoms with E-state index in [1.807, 2.05) is 6.92 Å². The highest BCUT2D eigenvalue weighted by Crippen LogP contribution is 2.36. The summed E-state index contributed by atoms with van der Waals surface area (Å²) >= 11 is 0. The van der Waals surface area contributed by atoms with Gasteiger partial charge in [0.25, 0.3) is 0 Å². The second-order valence-corrected chi connectivity index (χ2v) is 11.5. The smallest absolute Gasteiger partial charge is 0.192 e. The SMILES string of the molecule is CC[C@@H](C=C(C)C(C)=O)CO[Si](C)(C)C(C)(C)C. The van der Waals surface area contributed by atoms with E-state index >= 15 is 0 Å². The lowest BCUT2D eigenvalue weighted by molar-refractivity contribution is -0.113. The molecular weight excluding hydrogens is 240 g/mol. The van der Waals surface area contributed by atoms with Crippen LogP contribution < -0.4 is 0 Å². The highest BCUT2D eigenvalue weighted by atomic mass is 28.4. The monoisotopic (exact) mass is 270 g/mol. The van der Waals surface area contributed by atoms with Gasteiger partial charge in [0, 0.05) is 6.61 Å². The van der Waals surface area contributed by atoms with E-state index in [0.29, 0.717) is 5.92 Å². The van der Waals surface area contributed by atoms with Gasteiger partial charge in [-0.25, -0.2) is 0 Å². The lowest BCUT2D eigenvalue weighted by Crippen LogP contribution is -2.41. The molecule has 2 nitrogen and oxygen atoms in total. The Balaban J connectivity index is 4.60. The Morgan fingerprint density at radius 3 is 2.11 bits per heavy atom. The molecule has 0 fully saturated rings. The number of carbonyl (C=O) groups is 1. The molecule has 0 unspecified atom stereocenters. The third-order valence-electron chi connectivity index (χ3n) is 4.03. The van der Waals surface area contributed by atoms with Gasteiger partial charge in [-0.2, -0.15) is 0 Å². The third kappa shape index (κ3) is 5.49. The van der Waals surface area contributed by atoms with Crippen LogP contribution >= 0.6 is 0 Å². The molecule has 0 aliphatic heterocycles. The zero-order valence-corrected chi connectivity index (χ0v) is 14.4. The van der Waals surface area contributed by atoms with Crippen LogP contribution in [0.3, 0.4) is 0 Å². The fraction of sp³-hybridized carbons (Fsp3) is 0.800. The van der Waals surface area contributed by atoms with Crippen molar-refractivity contribution < 1.29 is 9.22 Å². The third-order valence-corrected chi connectivity index (χ3v) is 8.53. The molecule has 18 heavy (non-hydrogen) atoms. The fourth-order valence-corrected chi connectivity index (χ4v) is 2.35. The molecular formula is C15H30O2Si. The lowest BCUT2D eigenvalue weighted by atomic mass is 10.0. The van der Waals surface area contributed by atoms with Crippen LogP contribution in [0, 0.1) is 5.92 Å². The Morgan fingerprint density at radius 2 is 1.78 bits per heavy atom. The van der Waals surface area contributed by atoms with Crippen molar-refractivity contribution in [1.29, 1.82) is 0 Å². The summed E-state index contributed by atoms with van der Waals surface area (Å²) in [6.07, 6.45) is 3.08. The first-order valence-electron chi connectivity index (χ1n) is 6.84. The maximum absolute atomic E-state index is 11.3. The van der Waals surface area contributed by atoms with Crippen LogP contribution in [-0.4, -0.2) is 20.7 Å². The summed E-state index contributed by atoms with van der Waals surface area (Å²) in [6.45, 7) is 17.7. The van der Waals surface area contributed by atoms with E-state index in [2.05, 4.69) is 46.9 Å². The Hall–Kier alpha value is -0.413. The molecule has 106 valence electrons. The summed E-state index contributed by atoms with van der Waals surface area (Å²) in [5, 5.41) is 0.241. The van der Waals surface area contributed by atoms with Gasteiger partial charge in [-0.05, 0) is 49.9 Å². The predicted molar refractivity (Wildman–Crippen MR) is 81.4 cm³/mol. The largest absolute Gasteiger partial charge is 0.416 e. The van der Waals surface area contributed by atoms with Crippen LogP contribution in [0.5, 0.6) is 0 Å². The van der Waals surface area contributed by atoms with Crippen LogP contribution in [0.2, 0.25) is 18.1 Å². The van der Waals surface area contributed by atoms with E-state index in [9.17, 15) is 4.79 Å². The first-order valence-corrected chi connectivity index (χ1v) is 9.75. The average Bonchev–Trinajstić information content (AvgIpc) is 2.21. The van der Waals surface area contributed by atoms with Crippen LogP contribution in [0.25, 0.3) is 0 Å². The number of rotatable bonds is 6. The van der Waals surface area contributed by atoms with Crippen molar-refractivity contribution >= 4 is 14.1 Å². The van der Waals surface area contributed by atoms with Crippen LogP contribution in [0.1, 0.15) is 48.0 Å². The Bertz CT molecular complexity index is 311. The molecule has 0 N–H and O–H groups in total. The molecule has 0 saturated heterocycles. The van der Waals surface area contributed by atoms with Crippen LogP contribution in [0.4, 0.5) is 0 Å². The zero-order chi connectivity index (χ0) is 14.6. The summed E-state index contributed by atoms with van der Waals surface area (Å²) in [5.74, 6) is 0.504. The van der Waals surface area contributed by atoms with E-state index in [1.54, 1.807) is 6.92 Å². The molecule has 1 atom stereocenters. The molecule has 0 rings (SSSR count). The summed E-state index contributed by atoms with van der Waals surface area (Å²) in [4.78, 5) is 11.3. The molecule has 0 heterocycles. The van der Waals surface area contributed by atoms with Gasteiger partial charge < -0.3 is 4.43 Å². The first-order chi connectivity index (χ1) is 8.01. The summed E-state index contributed by atoms with van der Waals surface area (Å²) in [5.41, 5.74) is 0.848. The van der Waals surface area contributed by atoms with E-state index in [1.165, 1.54) is 0 Å². The van der Waals surface area contributed by atoms with E-state index in [4.69, 9.17) is 4.43 Å².